The van der Waals surface area contributed by atoms with Crippen molar-refractivity contribution in [2.24, 2.45) is 0 Å². The molecule has 5 rings (SSSR count). The maximum absolute atomic E-state index is 13.7. The first-order chi connectivity index (χ1) is 17.0. The van der Waals surface area contributed by atoms with Crippen LogP contribution in [0, 0.1) is 0 Å². The summed E-state index contributed by atoms with van der Waals surface area (Å²) >= 11 is 7.14. The lowest BCUT2D eigenvalue weighted by molar-refractivity contribution is 0.102. The van der Waals surface area contributed by atoms with Crippen molar-refractivity contribution in [2.45, 2.75) is 5.16 Å². The standard InChI is InChI=1S/C26H20ClN3O4S/c1-33-21-12-11-17(13-22(21)34-2)30-25(32)24-23(18-5-3-4-6-19(18)28-24)29-26(30)35-14-20(31)15-7-9-16(27)10-8-15/h3-13,28H,14H2,1-2H3. The molecule has 0 fully saturated rings. The fourth-order valence-corrected chi connectivity index (χ4v) is 4.91. The van der Waals surface area contributed by atoms with Crippen LogP contribution >= 0.6 is 23.4 Å². The molecule has 0 aliphatic heterocycles. The number of Topliss-reactive ketones (excluding diaryl/α,β-unsaturated/α-hetero) is 1. The highest BCUT2D eigenvalue weighted by Crippen LogP contribution is 2.32. The number of hydrogen-bond acceptors (Lipinski definition) is 6. The second-order valence-corrected chi connectivity index (χ2v) is 9.07. The minimum atomic E-state index is -0.278. The van der Waals surface area contributed by atoms with Crippen LogP contribution in [0.2, 0.25) is 5.02 Å². The maximum atomic E-state index is 13.7. The average Bonchev–Trinajstić information content (AvgIpc) is 3.26. The predicted molar refractivity (Wildman–Crippen MR) is 139 cm³/mol. The molecule has 0 aliphatic rings. The van der Waals surface area contributed by atoms with Gasteiger partial charge in [0.15, 0.2) is 22.4 Å². The van der Waals surface area contributed by atoms with Crippen molar-refractivity contribution in [3.8, 4) is 17.2 Å². The second kappa shape index (κ2) is 9.48. The molecular formula is C26H20ClN3O4S. The molecule has 0 amide bonds. The molecule has 7 nitrogen and oxygen atoms in total. The molecule has 0 saturated carbocycles. The Hall–Kier alpha value is -3.75. The monoisotopic (exact) mass is 505 g/mol. The number of methoxy groups -OCH3 is 2. The van der Waals surface area contributed by atoms with Gasteiger partial charge in [0.05, 0.1) is 25.7 Å². The molecule has 5 aromatic rings. The van der Waals surface area contributed by atoms with Crippen LogP contribution in [0.3, 0.4) is 0 Å². The van der Waals surface area contributed by atoms with Gasteiger partial charge in [0, 0.05) is 27.6 Å². The number of rotatable bonds is 7. The molecule has 0 radical (unpaired) electrons. The van der Waals surface area contributed by atoms with Crippen LogP contribution < -0.4 is 15.0 Å². The van der Waals surface area contributed by atoms with E-state index in [1.807, 2.05) is 24.3 Å². The minimum absolute atomic E-state index is 0.0925. The summed E-state index contributed by atoms with van der Waals surface area (Å²) in [5.41, 5.74) is 2.56. The number of H-pyrrole nitrogens is 1. The van der Waals surface area contributed by atoms with Gasteiger partial charge in [-0.1, -0.05) is 41.6 Å². The molecule has 0 aliphatic carbocycles. The van der Waals surface area contributed by atoms with Gasteiger partial charge in [-0.05, 0) is 42.5 Å². The quantitative estimate of drug-likeness (QED) is 0.178. The number of fused-ring (bicyclic) bond motifs is 3. The number of benzene rings is 3. The molecule has 0 unspecified atom stereocenters. The molecular weight excluding hydrogens is 486 g/mol. The summed E-state index contributed by atoms with van der Waals surface area (Å²) in [5, 5.41) is 1.79. The number of aromatic amines is 1. The van der Waals surface area contributed by atoms with Crippen molar-refractivity contribution < 1.29 is 14.3 Å². The zero-order valence-electron chi connectivity index (χ0n) is 18.9. The average molecular weight is 506 g/mol. The number of carbonyl (C=O) groups is 1. The number of nitrogens with zero attached hydrogens (tertiary/aromatic N) is 2. The molecule has 176 valence electrons. The number of para-hydroxylation sites is 1. The Kier molecular flexibility index (Phi) is 6.23. The van der Waals surface area contributed by atoms with E-state index in [0.717, 1.165) is 10.9 Å². The molecule has 9 heteroatoms. The highest BCUT2D eigenvalue weighted by Gasteiger charge is 2.19. The fourth-order valence-electron chi connectivity index (χ4n) is 3.88. The van der Waals surface area contributed by atoms with Gasteiger partial charge < -0.3 is 14.5 Å². The first kappa shape index (κ1) is 23.0. The van der Waals surface area contributed by atoms with E-state index in [-0.39, 0.29) is 17.1 Å². The largest absolute Gasteiger partial charge is 0.493 e. The van der Waals surface area contributed by atoms with Gasteiger partial charge in [-0.15, -0.1) is 0 Å². The highest BCUT2D eigenvalue weighted by molar-refractivity contribution is 7.99. The minimum Gasteiger partial charge on any atom is -0.493 e. The highest BCUT2D eigenvalue weighted by atomic mass is 35.5. The first-order valence-corrected chi connectivity index (χ1v) is 12.0. The van der Waals surface area contributed by atoms with E-state index >= 15 is 0 Å². The van der Waals surface area contributed by atoms with Gasteiger partial charge in [-0.3, -0.25) is 14.2 Å². The third-order valence-corrected chi connectivity index (χ3v) is 6.81. The molecule has 0 bridgehead atoms. The van der Waals surface area contributed by atoms with E-state index in [1.165, 1.54) is 23.4 Å². The molecule has 2 aromatic heterocycles. The lowest BCUT2D eigenvalue weighted by Crippen LogP contribution is -2.22. The Labute approximate surface area is 209 Å². The topological polar surface area (TPSA) is 86.2 Å². The van der Waals surface area contributed by atoms with Crippen molar-refractivity contribution in [1.82, 2.24) is 14.5 Å². The number of aromatic nitrogens is 3. The van der Waals surface area contributed by atoms with Gasteiger partial charge in [-0.2, -0.15) is 0 Å². The van der Waals surface area contributed by atoms with Crippen molar-refractivity contribution in [3.05, 3.63) is 87.7 Å². The molecule has 3 aromatic carbocycles. The van der Waals surface area contributed by atoms with E-state index in [0.29, 0.717) is 44.0 Å². The number of nitrogens with one attached hydrogen (secondary N) is 1. The summed E-state index contributed by atoms with van der Waals surface area (Å²) in [6.45, 7) is 0. The molecule has 0 spiro atoms. The van der Waals surface area contributed by atoms with Gasteiger partial charge >= 0.3 is 0 Å². The normalized spacial score (nSPS) is 11.2. The Morgan fingerprint density at radius 3 is 2.51 bits per heavy atom. The van der Waals surface area contributed by atoms with Crippen LogP contribution in [0.4, 0.5) is 0 Å². The molecule has 1 N–H and O–H groups in total. The Bertz CT molecular complexity index is 1630. The molecule has 0 saturated heterocycles. The Morgan fingerprint density at radius 1 is 1.03 bits per heavy atom. The maximum Gasteiger partial charge on any atom is 0.283 e. The van der Waals surface area contributed by atoms with Crippen LogP contribution in [0.5, 0.6) is 11.5 Å². The zero-order valence-corrected chi connectivity index (χ0v) is 20.4. The lowest BCUT2D eigenvalue weighted by atomic mass is 10.1. The number of carbonyl (C=O) groups excluding carboxylic acids is 1. The van der Waals surface area contributed by atoms with Crippen LogP contribution in [-0.4, -0.2) is 40.3 Å². The molecule has 2 heterocycles. The predicted octanol–water partition coefficient (Wildman–Crippen LogP) is 5.51. The fraction of sp³-hybridized carbons (Fsp3) is 0.115. The van der Waals surface area contributed by atoms with Crippen molar-refractivity contribution in [3.63, 3.8) is 0 Å². The number of halogens is 1. The molecule has 0 atom stereocenters. The zero-order chi connectivity index (χ0) is 24.5. The number of ether oxygens (including phenoxy) is 2. The summed E-state index contributed by atoms with van der Waals surface area (Å²) in [6, 6.07) is 19.5. The van der Waals surface area contributed by atoms with E-state index < -0.39 is 0 Å². The van der Waals surface area contributed by atoms with Gasteiger partial charge in [0.25, 0.3) is 5.56 Å². The smallest absolute Gasteiger partial charge is 0.283 e. The van der Waals surface area contributed by atoms with Crippen LogP contribution in [-0.2, 0) is 0 Å². The summed E-state index contributed by atoms with van der Waals surface area (Å²) < 4.78 is 12.3. The Balaban J connectivity index is 1.65. The van der Waals surface area contributed by atoms with E-state index in [9.17, 15) is 9.59 Å². The van der Waals surface area contributed by atoms with Crippen molar-refractivity contribution in [1.29, 1.82) is 0 Å². The lowest BCUT2D eigenvalue weighted by Gasteiger charge is -2.14. The summed E-state index contributed by atoms with van der Waals surface area (Å²) in [6.07, 6.45) is 0. The third kappa shape index (κ3) is 4.26. The summed E-state index contributed by atoms with van der Waals surface area (Å²) in [7, 11) is 3.08. The van der Waals surface area contributed by atoms with E-state index in [4.69, 9.17) is 26.1 Å². The van der Waals surface area contributed by atoms with Crippen LogP contribution in [0.15, 0.2) is 76.7 Å². The number of ketones is 1. The van der Waals surface area contributed by atoms with Gasteiger partial charge in [0.2, 0.25) is 0 Å². The van der Waals surface area contributed by atoms with Crippen molar-refractivity contribution in [2.75, 3.05) is 20.0 Å². The van der Waals surface area contributed by atoms with E-state index in [2.05, 4.69) is 4.98 Å². The third-order valence-electron chi connectivity index (χ3n) is 5.62. The van der Waals surface area contributed by atoms with Gasteiger partial charge in [-0.25, -0.2) is 4.98 Å². The Morgan fingerprint density at radius 2 is 1.77 bits per heavy atom. The van der Waals surface area contributed by atoms with Crippen molar-refractivity contribution >= 4 is 51.1 Å². The summed E-state index contributed by atoms with van der Waals surface area (Å²) in [5.74, 6) is 1.01. The van der Waals surface area contributed by atoms with Crippen LogP contribution in [0.1, 0.15) is 10.4 Å². The molecule has 35 heavy (non-hydrogen) atoms. The number of thioether (sulfide) groups is 1. The SMILES string of the molecule is COc1ccc(-n2c(SCC(=O)c3ccc(Cl)cc3)nc3c([nH]c4ccccc43)c2=O)cc1OC. The van der Waals surface area contributed by atoms with E-state index in [1.54, 1.807) is 49.6 Å². The van der Waals surface area contributed by atoms with Gasteiger partial charge in [0.1, 0.15) is 11.0 Å². The second-order valence-electron chi connectivity index (χ2n) is 7.69. The number of hydrogen-bond donors (Lipinski definition) is 1. The first-order valence-electron chi connectivity index (χ1n) is 10.7. The van der Waals surface area contributed by atoms with Crippen LogP contribution in [0.25, 0.3) is 27.6 Å². The summed E-state index contributed by atoms with van der Waals surface area (Å²) in [4.78, 5) is 34.6.